The van der Waals surface area contributed by atoms with Crippen LogP contribution in [0.2, 0.25) is 0 Å². The molecule has 0 saturated heterocycles. The minimum absolute atomic E-state index is 0.0804. The first-order valence-corrected chi connectivity index (χ1v) is 6.03. The average Bonchev–Trinajstić information content (AvgIpc) is 2.85. The van der Waals surface area contributed by atoms with E-state index in [1.54, 1.807) is 16.8 Å². The van der Waals surface area contributed by atoms with Gasteiger partial charge in [0.2, 0.25) is 5.95 Å². The Bertz CT molecular complexity index is 526. The summed E-state index contributed by atoms with van der Waals surface area (Å²) in [5.74, 6) is 0.685. The molecule has 1 aromatic heterocycles. The van der Waals surface area contributed by atoms with Crippen LogP contribution < -0.4 is 10.1 Å². The molecule has 1 aromatic carbocycles. The fourth-order valence-corrected chi connectivity index (χ4v) is 1.48. The lowest BCUT2D eigenvalue weighted by atomic mass is 10.3. The second-order valence-electron chi connectivity index (χ2n) is 3.88. The van der Waals surface area contributed by atoms with Gasteiger partial charge in [0.15, 0.2) is 6.61 Å². The maximum absolute atomic E-state index is 11.7. The molecule has 1 heterocycles. The summed E-state index contributed by atoms with van der Waals surface area (Å²) >= 11 is 0. The van der Waals surface area contributed by atoms with Crippen LogP contribution in [0.25, 0.3) is 0 Å². The van der Waals surface area contributed by atoms with E-state index in [4.69, 9.17) is 4.74 Å². The summed E-state index contributed by atoms with van der Waals surface area (Å²) in [6.07, 6.45) is 0.883. The molecule has 0 aliphatic heterocycles. The van der Waals surface area contributed by atoms with Crippen LogP contribution in [0.15, 0.2) is 30.3 Å². The summed E-state index contributed by atoms with van der Waals surface area (Å²) in [6.45, 7) is 2.58. The largest absolute Gasteiger partial charge is 0.484 e. The Morgan fingerprint density at radius 1 is 1.37 bits per heavy atom. The van der Waals surface area contributed by atoms with Crippen LogP contribution in [-0.2, 0) is 11.3 Å². The van der Waals surface area contributed by atoms with E-state index in [-0.39, 0.29) is 12.5 Å². The van der Waals surface area contributed by atoms with Crippen LogP contribution in [0.3, 0.4) is 0 Å². The Morgan fingerprint density at radius 2 is 2.16 bits per heavy atom. The van der Waals surface area contributed by atoms with E-state index in [1.807, 2.05) is 25.1 Å². The number of carbonyl (C=O) groups is 1. The topological polar surface area (TPSA) is 81.9 Å². The van der Waals surface area contributed by atoms with Crippen LogP contribution in [0.5, 0.6) is 5.75 Å². The number of tetrazole rings is 1. The fourth-order valence-electron chi connectivity index (χ4n) is 1.48. The first-order valence-electron chi connectivity index (χ1n) is 6.03. The predicted molar refractivity (Wildman–Crippen MR) is 68.7 cm³/mol. The molecule has 100 valence electrons. The van der Waals surface area contributed by atoms with Crippen LogP contribution in [-0.4, -0.2) is 32.7 Å². The number of aromatic nitrogens is 4. The summed E-state index contributed by atoms with van der Waals surface area (Å²) in [4.78, 5) is 11.7. The number of hydrogen-bond acceptors (Lipinski definition) is 5. The zero-order valence-corrected chi connectivity index (χ0v) is 10.6. The number of rotatable bonds is 6. The van der Waals surface area contributed by atoms with E-state index < -0.39 is 0 Å². The van der Waals surface area contributed by atoms with Crippen LogP contribution in [0, 0.1) is 0 Å². The Balaban J connectivity index is 1.85. The van der Waals surface area contributed by atoms with Crippen molar-refractivity contribution in [3.8, 4) is 5.75 Å². The van der Waals surface area contributed by atoms with Gasteiger partial charge in [0.05, 0.1) is 0 Å². The Hall–Kier alpha value is -2.44. The zero-order chi connectivity index (χ0) is 13.5. The molecule has 19 heavy (non-hydrogen) atoms. The molecule has 0 radical (unpaired) electrons. The van der Waals surface area contributed by atoms with Gasteiger partial charge in [-0.05, 0) is 29.0 Å². The summed E-state index contributed by atoms with van der Waals surface area (Å²) in [7, 11) is 0. The summed E-state index contributed by atoms with van der Waals surface area (Å²) in [6, 6.07) is 9.14. The third-order valence-corrected chi connectivity index (χ3v) is 2.33. The van der Waals surface area contributed by atoms with Crippen molar-refractivity contribution in [2.75, 3.05) is 11.9 Å². The van der Waals surface area contributed by atoms with Crippen molar-refractivity contribution < 1.29 is 9.53 Å². The van der Waals surface area contributed by atoms with E-state index in [1.165, 1.54) is 0 Å². The maximum Gasteiger partial charge on any atom is 0.264 e. The number of carbonyl (C=O) groups excluding carboxylic acids is 1. The average molecular weight is 261 g/mol. The van der Waals surface area contributed by atoms with Crippen LogP contribution in [0.4, 0.5) is 5.95 Å². The van der Waals surface area contributed by atoms with Crippen molar-refractivity contribution in [3.05, 3.63) is 30.3 Å². The normalized spacial score (nSPS) is 10.2. The van der Waals surface area contributed by atoms with Gasteiger partial charge in [0.25, 0.3) is 5.91 Å². The van der Waals surface area contributed by atoms with Gasteiger partial charge in [0, 0.05) is 6.54 Å². The minimum Gasteiger partial charge on any atom is -0.484 e. The second kappa shape index (κ2) is 6.48. The number of para-hydroxylation sites is 1. The van der Waals surface area contributed by atoms with E-state index in [0.717, 1.165) is 6.42 Å². The van der Waals surface area contributed by atoms with Gasteiger partial charge in [-0.15, -0.1) is 0 Å². The lowest BCUT2D eigenvalue weighted by Gasteiger charge is -2.06. The molecule has 0 atom stereocenters. The molecule has 1 N–H and O–H groups in total. The molecule has 1 amide bonds. The van der Waals surface area contributed by atoms with Crippen molar-refractivity contribution in [1.82, 2.24) is 20.2 Å². The lowest BCUT2D eigenvalue weighted by Crippen LogP contribution is -2.22. The quantitative estimate of drug-likeness (QED) is 0.842. The third-order valence-electron chi connectivity index (χ3n) is 2.33. The Labute approximate surface area is 110 Å². The molecular formula is C12H15N5O2. The number of amides is 1. The van der Waals surface area contributed by atoms with Crippen molar-refractivity contribution in [1.29, 1.82) is 0 Å². The molecule has 0 fully saturated rings. The highest BCUT2D eigenvalue weighted by molar-refractivity contribution is 5.90. The van der Waals surface area contributed by atoms with Crippen molar-refractivity contribution in [3.63, 3.8) is 0 Å². The van der Waals surface area contributed by atoms with Crippen molar-refractivity contribution >= 4 is 11.9 Å². The summed E-state index contributed by atoms with van der Waals surface area (Å²) in [5.41, 5.74) is 0. The number of nitrogens with one attached hydrogen (secondary N) is 1. The van der Waals surface area contributed by atoms with E-state index in [9.17, 15) is 4.79 Å². The maximum atomic E-state index is 11.7. The molecule has 0 aliphatic rings. The Morgan fingerprint density at radius 3 is 2.89 bits per heavy atom. The fraction of sp³-hybridized carbons (Fsp3) is 0.333. The standard InChI is InChI=1S/C12H15N5O2/c1-2-8-17-12(14-15-16-17)13-11(18)9-19-10-6-4-3-5-7-10/h3-7H,2,8-9H2,1H3,(H,13,14,16,18). The molecule has 7 heteroatoms. The number of hydrogen-bond donors (Lipinski definition) is 1. The molecule has 0 unspecified atom stereocenters. The monoisotopic (exact) mass is 261 g/mol. The SMILES string of the molecule is CCCn1nnnc1NC(=O)COc1ccccc1. The third kappa shape index (κ3) is 3.77. The number of aryl methyl sites for hydroxylation is 1. The van der Waals surface area contributed by atoms with E-state index in [0.29, 0.717) is 18.2 Å². The minimum atomic E-state index is -0.295. The summed E-state index contributed by atoms with van der Waals surface area (Å²) in [5, 5.41) is 13.6. The molecule has 0 bridgehead atoms. The highest BCUT2D eigenvalue weighted by Crippen LogP contribution is 2.08. The number of ether oxygens (including phenoxy) is 1. The number of nitrogens with zero attached hydrogens (tertiary/aromatic N) is 4. The Kier molecular flexibility index (Phi) is 4.44. The number of benzene rings is 1. The van der Waals surface area contributed by atoms with Gasteiger partial charge < -0.3 is 4.74 Å². The second-order valence-corrected chi connectivity index (χ2v) is 3.88. The summed E-state index contributed by atoms with van der Waals surface area (Å²) < 4.78 is 6.87. The van der Waals surface area contributed by atoms with Crippen LogP contribution >= 0.6 is 0 Å². The predicted octanol–water partition coefficient (Wildman–Crippen LogP) is 1.10. The lowest BCUT2D eigenvalue weighted by molar-refractivity contribution is -0.118. The van der Waals surface area contributed by atoms with E-state index >= 15 is 0 Å². The smallest absolute Gasteiger partial charge is 0.264 e. The highest BCUT2D eigenvalue weighted by Gasteiger charge is 2.09. The first-order chi connectivity index (χ1) is 9.29. The molecule has 0 saturated carbocycles. The van der Waals surface area contributed by atoms with Gasteiger partial charge >= 0.3 is 0 Å². The zero-order valence-electron chi connectivity index (χ0n) is 10.6. The molecule has 0 aliphatic carbocycles. The van der Waals surface area contributed by atoms with Crippen LogP contribution in [0.1, 0.15) is 13.3 Å². The highest BCUT2D eigenvalue weighted by atomic mass is 16.5. The molecular weight excluding hydrogens is 246 g/mol. The molecule has 2 rings (SSSR count). The van der Waals surface area contributed by atoms with Crippen molar-refractivity contribution in [2.24, 2.45) is 0 Å². The van der Waals surface area contributed by atoms with Gasteiger partial charge in [-0.1, -0.05) is 30.2 Å². The van der Waals surface area contributed by atoms with Crippen molar-refractivity contribution in [2.45, 2.75) is 19.9 Å². The first kappa shape index (κ1) is 13.0. The van der Waals surface area contributed by atoms with E-state index in [2.05, 4.69) is 20.8 Å². The molecule has 0 spiro atoms. The van der Waals surface area contributed by atoms with Gasteiger partial charge in [-0.2, -0.15) is 0 Å². The molecule has 7 nitrogen and oxygen atoms in total. The van der Waals surface area contributed by atoms with Gasteiger partial charge in [0.1, 0.15) is 5.75 Å². The van der Waals surface area contributed by atoms with Gasteiger partial charge in [-0.3, -0.25) is 10.1 Å². The molecule has 2 aromatic rings. The number of anilines is 1. The van der Waals surface area contributed by atoms with Gasteiger partial charge in [-0.25, -0.2) is 4.68 Å².